The summed E-state index contributed by atoms with van der Waals surface area (Å²) < 4.78 is 0. The Bertz CT molecular complexity index is 836. The highest BCUT2D eigenvalue weighted by molar-refractivity contribution is 6.31. The van der Waals surface area contributed by atoms with Crippen molar-refractivity contribution in [1.82, 2.24) is 9.88 Å². The summed E-state index contributed by atoms with van der Waals surface area (Å²) >= 11 is 6.29. The highest BCUT2D eigenvalue weighted by Gasteiger charge is 2.19. The first-order chi connectivity index (χ1) is 11.8. The lowest BCUT2D eigenvalue weighted by Crippen LogP contribution is -2.46. The number of hydrogen-bond donors (Lipinski definition) is 0. The number of halogens is 1. The van der Waals surface area contributed by atoms with Crippen LogP contribution in [0, 0.1) is 0 Å². The third kappa shape index (κ3) is 3.10. The second-order valence-corrected chi connectivity index (χ2v) is 6.61. The first-order valence-electron chi connectivity index (χ1n) is 8.36. The van der Waals surface area contributed by atoms with Gasteiger partial charge in [-0.2, -0.15) is 0 Å². The van der Waals surface area contributed by atoms with Gasteiger partial charge in [0.05, 0.1) is 5.52 Å². The molecule has 3 aromatic rings. The summed E-state index contributed by atoms with van der Waals surface area (Å²) in [6.07, 6.45) is 1.91. The molecule has 0 radical (unpaired) electrons. The van der Waals surface area contributed by atoms with Gasteiger partial charge in [-0.3, -0.25) is 9.88 Å². The smallest absolute Gasteiger partial charge is 0.0722 e. The number of piperazine rings is 1. The Hall–Kier alpha value is -2.10. The zero-order valence-corrected chi connectivity index (χ0v) is 14.3. The summed E-state index contributed by atoms with van der Waals surface area (Å²) in [5.41, 5.74) is 3.56. The highest BCUT2D eigenvalue weighted by Crippen LogP contribution is 2.26. The molecule has 0 spiro atoms. The number of pyridine rings is 1. The van der Waals surface area contributed by atoms with Crippen molar-refractivity contribution in [2.24, 2.45) is 0 Å². The van der Waals surface area contributed by atoms with Crippen LogP contribution in [0.15, 0.2) is 60.8 Å². The van der Waals surface area contributed by atoms with E-state index in [-0.39, 0.29) is 0 Å². The molecule has 0 atom stereocenters. The number of rotatable bonds is 3. The van der Waals surface area contributed by atoms with E-state index >= 15 is 0 Å². The van der Waals surface area contributed by atoms with Crippen molar-refractivity contribution in [3.05, 3.63) is 71.4 Å². The number of benzene rings is 2. The molecular weight excluding hydrogens is 318 g/mol. The van der Waals surface area contributed by atoms with Gasteiger partial charge in [-0.25, -0.2) is 0 Å². The molecule has 0 aliphatic carbocycles. The van der Waals surface area contributed by atoms with E-state index in [4.69, 9.17) is 11.6 Å². The maximum atomic E-state index is 6.29. The summed E-state index contributed by atoms with van der Waals surface area (Å²) in [6, 6.07) is 18.6. The van der Waals surface area contributed by atoms with Gasteiger partial charge >= 0.3 is 0 Å². The number of hydrogen-bond acceptors (Lipinski definition) is 3. The van der Waals surface area contributed by atoms with Crippen LogP contribution in [0.3, 0.4) is 0 Å². The zero-order chi connectivity index (χ0) is 16.4. The van der Waals surface area contributed by atoms with Crippen LogP contribution < -0.4 is 4.90 Å². The molecule has 0 unspecified atom stereocenters. The molecule has 4 rings (SSSR count). The lowest BCUT2D eigenvalue weighted by Gasteiger charge is -2.36. The minimum Gasteiger partial charge on any atom is -0.368 e. The number of anilines is 1. The average molecular weight is 338 g/mol. The van der Waals surface area contributed by atoms with Crippen LogP contribution in [-0.2, 0) is 6.54 Å². The Morgan fingerprint density at radius 1 is 0.875 bits per heavy atom. The van der Waals surface area contributed by atoms with Gasteiger partial charge in [-0.1, -0.05) is 48.0 Å². The summed E-state index contributed by atoms with van der Waals surface area (Å²) in [5, 5.41) is 2.10. The predicted molar refractivity (Wildman–Crippen MR) is 101 cm³/mol. The normalized spacial score (nSPS) is 15.8. The van der Waals surface area contributed by atoms with Crippen LogP contribution in [0.5, 0.6) is 0 Å². The molecule has 2 heterocycles. The van der Waals surface area contributed by atoms with Crippen molar-refractivity contribution >= 4 is 28.2 Å². The Morgan fingerprint density at radius 2 is 1.62 bits per heavy atom. The largest absolute Gasteiger partial charge is 0.368 e. The SMILES string of the molecule is Clc1ccccc1CN1CCN(c2ccnc3ccccc23)CC1. The first kappa shape index (κ1) is 15.4. The molecule has 1 aromatic heterocycles. The number of aromatic nitrogens is 1. The molecule has 4 heteroatoms. The summed E-state index contributed by atoms with van der Waals surface area (Å²) in [4.78, 5) is 9.40. The third-order valence-electron chi connectivity index (χ3n) is 4.69. The van der Waals surface area contributed by atoms with Crippen molar-refractivity contribution in [3.8, 4) is 0 Å². The molecular formula is C20H20ClN3. The van der Waals surface area contributed by atoms with E-state index in [0.717, 1.165) is 43.3 Å². The Balaban J connectivity index is 1.47. The van der Waals surface area contributed by atoms with Crippen LogP contribution in [0.25, 0.3) is 10.9 Å². The van der Waals surface area contributed by atoms with Crippen molar-refractivity contribution in [2.45, 2.75) is 6.54 Å². The monoisotopic (exact) mass is 337 g/mol. The average Bonchev–Trinajstić information content (AvgIpc) is 2.64. The lowest BCUT2D eigenvalue weighted by atomic mass is 10.1. The van der Waals surface area contributed by atoms with E-state index in [1.165, 1.54) is 16.6 Å². The van der Waals surface area contributed by atoms with E-state index in [1.807, 2.05) is 24.4 Å². The maximum Gasteiger partial charge on any atom is 0.0722 e. The van der Waals surface area contributed by atoms with E-state index in [0.29, 0.717) is 0 Å². The zero-order valence-electron chi connectivity index (χ0n) is 13.5. The molecule has 0 N–H and O–H groups in total. The summed E-state index contributed by atoms with van der Waals surface area (Å²) in [7, 11) is 0. The van der Waals surface area contributed by atoms with Gasteiger partial charge in [0.15, 0.2) is 0 Å². The number of fused-ring (bicyclic) bond motifs is 1. The molecule has 1 aliphatic rings. The molecule has 0 amide bonds. The molecule has 0 saturated carbocycles. The molecule has 122 valence electrons. The third-order valence-corrected chi connectivity index (χ3v) is 5.06. The molecule has 3 nitrogen and oxygen atoms in total. The lowest BCUT2D eigenvalue weighted by molar-refractivity contribution is 0.250. The predicted octanol–water partition coefficient (Wildman–Crippen LogP) is 4.21. The molecule has 0 bridgehead atoms. The number of para-hydroxylation sites is 1. The second-order valence-electron chi connectivity index (χ2n) is 6.20. The van der Waals surface area contributed by atoms with E-state index < -0.39 is 0 Å². The Morgan fingerprint density at radius 3 is 2.46 bits per heavy atom. The first-order valence-corrected chi connectivity index (χ1v) is 8.73. The van der Waals surface area contributed by atoms with Crippen LogP contribution in [0.1, 0.15) is 5.56 Å². The summed E-state index contributed by atoms with van der Waals surface area (Å²) in [6.45, 7) is 5.06. The fourth-order valence-corrected chi connectivity index (χ4v) is 3.57. The minimum absolute atomic E-state index is 0.861. The van der Waals surface area contributed by atoms with Gasteiger partial charge < -0.3 is 4.90 Å². The van der Waals surface area contributed by atoms with Crippen LogP contribution in [0.2, 0.25) is 5.02 Å². The Kier molecular flexibility index (Phi) is 4.37. The van der Waals surface area contributed by atoms with E-state index in [1.54, 1.807) is 0 Å². The molecule has 2 aromatic carbocycles. The van der Waals surface area contributed by atoms with Gasteiger partial charge in [-0.15, -0.1) is 0 Å². The molecule has 1 fully saturated rings. The topological polar surface area (TPSA) is 19.4 Å². The standard InChI is InChI=1S/C20H20ClN3/c21-18-7-3-1-5-16(18)15-23-11-13-24(14-12-23)20-9-10-22-19-8-4-2-6-17(19)20/h1-10H,11-15H2. The van der Waals surface area contributed by atoms with Gasteiger partial charge in [0.1, 0.15) is 0 Å². The molecule has 24 heavy (non-hydrogen) atoms. The quantitative estimate of drug-likeness (QED) is 0.713. The van der Waals surface area contributed by atoms with Gasteiger partial charge in [0, 0.05) is 55.0 Å². The fourth-order valence-electron chi connectivity index (χ4n) is 3.37. The molecule has 1 saturated heterocycles. The van der Waals surface area contributed by atoms with Gasteiger partial charge in [0.25, 0.3) is 0 Å². The Labute approximate surface area is 147 Å². The maximum absolute atomic E-state index is 6.29. The second kappa shape index (κ2) is 6.80. The van der Waals surface area contributed by atoms with Crippen LogP contribution in [0.4, 0.5) is 5.69 Å². The van der Waals surface area contributed by atoms with E-state index in [9.17, 15) is 0 Å². The highest BCUT2D eigenvalue weighted by atomic mass is 35.5. The van der Waals surface area contributed by atoms with Crippen molar-refractivity contribution < 1.29 is 0 Å². The van der Waals surface area contributed by atoms with E-state index in [2.05, 4.69) is 51.2 Å². The van der Waals surface area contributed by atoms with Crippen molar-refractivity contribution in [3.63, 3.8) is 0 Å². The number of nitrogens with zero attached hydrogens (tertiary/aromatic N) is 3. The van der Waals surface area contributed by atoms with Crippen molar-refractivity contribution in [2.75, 3.05) is 31.1 Å². The van der Waals surface area contributed by atoms with Crippen LogP contribution in [-0.4, -0.2) is 36.1 Å². The van der Waals surface area contributed by atoms with Gasteiger partial charge in [-0.05, 0) is 23.8 Å². The minimum atomic E-state index is 0.861. The fraction of sp³-hybridized carbons (Fsp3) is 0.250. The summed E-state index contributed by atoms with van der Waals surface area (Å²) in [5.74, 6) is 0. The molecule has 1 aliphatic heterocycles. The van der Waals surface area contributed by atoms with Gasteiger partial charge in [0.2, 0.25) is 0 Å². The van der Waals surface area contributed by atoms with Crippen molar-refractivity contribution in [1.29, 1.82) is 0 Å². The van der Waals surface area contributed by atoms with Crippen LogP contribution >= 0.6 is 11.6 Å².